The summed E-state index contributed by atoms with van der Waals surface area (Å²) >= 11 is 14.1. The lowest BCUT2D eigenvalue weighted by molar-refractivity contribution is -0.117. The van der Waals surface area contributed by atoms with Crippen molar-refractivity contribution in [2.45, 2.75) is 23.5 Å². The van der Waals surface area contributed by atoms with Gasteiger partial charge < -0.3 is 0 Å². The van der Waals surface area contributed by atoms with Crippen LogP contribution in [0.15, 0.2) is 0 Å². The van der Waals surface area contributed by atoms with E-state index >= 15 is 0 Å². The molecule has 0 heterocycles. The highest BCUT2D eigenvalue weighted by molar-refractivity contribution is 9.10. The molecule has 0 saturated carbocycles. The summed E-state index contributed by atoms with van der Waals surface area (Å²) in [5.74, 6) is 0.154. The third-order valence-electron chi connectivity index (χ3n) is 1.11. The van der Waals surface area contributed by atoms with Crippen LogP contribution in [-0.4, -0.2) is 21.9 Å². The third kappa shape index (κ3) is 3.22. The lowest BCUT2D eigenvalue weighted by atomic mass is 10.2. The van der Waals surface area contributed by atoms with E-state index in [1.165, 1.54) is 0 Å². The van der Waals surface area contributed by atoms with Crippen molar-refractivity contribution in [2.24, 2.45) is 0 Å². The fourth-order valence-electron chi connectivity index (χ4n) is 0.473. The van der Waals surface area contributed by atoms with Crippen LogP contribution in [0.4, 0.5) is 0 Å². The van der Waals surface area contributed by atoms with Crippen molar-refractivity contribution >= 4 is 44.9 Å². The van der Waals surface area contributed by atoms with Crippen molar-refractivity contribution in [1.29, 1.82) is 0 Å². The summed E-state index contributed by atoms with van der Waals surface area (Å²) in [4.78, 5) is 10.9. The second-order valence-electron chi connectivity index (χ2n) is 1.90. The van der Waals surface area contributed by atoms with Crippen molar-refractivity contribution < 1.29 is 4.79 Å². The molecule has 2 atom stereocenters. The van der Waals surface area contributed by atoms with Gasteiger partial charge in [0, 0.05) is 5.88 Å². The van der Waals surface area contributed by atoms with E-state index in [1.807, 2.05) is 6.92 Å². The molecule has 0 aliphatic rings. The van der Waals surface area contributed by atoms with E-state index in [2.05, 4.69) is 15.9 Å². The number of halogens is 3. The summed E-state index contributed by atoms with van der Waals surface area (Å²) in [6.07, 6.45) is 0.749. The summed E-state index contributed by atoms with van der Waals surface area (Å²) in [5, 5.41) is -0.550. The van der Waals surface area contributed by atoms with E-state index < -0.39 is 5.38 Å². The van der Waals surface area contributed by atoms with E-state index in [9.17, 15) is 4.79 Å². The van der Waals surface area contributed by atoms with Gasteiger partial charge in [-0.1, -0.05) is 22.9 Å². The normalized spacial score (nSPS) is 16.4. The van der Waals surface area contributed by atoms with Crippen LogP contribution < -0.4 is 0 Å². The van der Waals surface area contributed by atoms with Crippen LogP contribution in [0.25, 0.3) is 0 Å². The summed E-state index contributed by atoms with van der Waals surface area (Å²) < 4.78 is 0. The van der Waals surface area contributed by atoms with Crippen LogP contribution in [0, 0.1) is 0 Å². The molecule has 0 aromatic carbocycles. The lowest BCUT2D eigenvalue weighted by Gasteiger charge is -2.07. The van der Waals surface area contributed by atoms with Crippen LogP contribution in [-0.2, 0) is 4.79 Å². The number of carbonyl (C=O) groups is 1. The zero-order valence-corrected chi connectivity index (χ0v) is 8.71. The molecule has 0 N–H and O–H groups in total. The predicted octanol–water partition coefficient (Wildman–Crippen LogP) is 2.58. The minimum atomic E-state index is -0.550. The van der Waals surface area contributed by atoms with Crippen LogP contribution in [0.2, 0.25) is 0 Å². The van der Waals surface area contributed by atoms with Crippen molar-refractivity contribution in [1.82, 2.24) is 0 Å². The third-order valence-corrected chi connectivity index (χ3v) is 3.05. The molecule has 1 nitrogen and oxygen atoms in total. The van der Waals surface area contributed by atoms with E-state index in [0.717, 1.165) is 6.42 Å². The number of alkyl halides is 3. The molecular weight excluding hydrogens is 239 g/mol. The average molecular weight is 248 g/mol. The van der Waals surface area contributed by atoms with Gasteiger partial charge in [-0.2, -0.15) is 0 Å². The zero-order chi connectivity index (χ0) is 8.15. The van der Waals surface area contributed by atoms with E-state index in [1.54, 1.807) is 0 Å². The van der Waals surface area contributed by atoms with Gasteiger partial charge >= 0.3 is 0 Å². The summed E-state index contributed by atoms with van der Waals surface area (Å²) in [6, 6.07) is 0. The Morgan fingerprint density at radius 3 is 2.50 bits per heavy atom. The Morgan fingerprint density at radius 2 is 2.20 bits per heavy atom. The molecule has 0 rings (SSSR count). The van der Waals surface area contributed by atoms with Crippen LogP contribution >= 0.6 is 39.1 Å². The quantitative estimate of drug-likeness (QED) is 0.698. The Labute approximate surface area is 79.2 Å². The smallest absolute Gasteiger partial charge is 0.165 e. The van der Waals surface area contributed by atoms with Gasteiger partial charge in [-0.3, -0.25) is 4.79 Å². The summed E-state index contributed by atoms with van der Waals surface area (Å²) in [7, 11) is 0. The van der Waals surface area contributed by atoms with Gasteiger partial charge in [0.1, 0.15) is 5.38 Å². The molecule has 0 aliphatic heterocycles. The minimum absolute atomic E-state index is 0.0285. The first-order valence-electron chi connectivity index (χ1n) is 3.01. The largest absolute Gasteiger partial charge is 0.297 e. The highest BCUT2D eigenvalue weighted by Crippen LogP contribution is 2.12. The lowest BCUT2D eigenvalue weighted by Crippen LogP contribution is -2.24. The maximum atomic E-state index is 11.0. The topological polar surface area (TPSA) is 17.1 Å². The highest BCUT2D eigenvalue weighted by atomic mass is 79.9. The summed E-state index contributed by atoms with van der Waals surface area (Å²) in [6.45, 7) is 1.91. The van der Waals surface area contributed by atoms with Crippen LogP contribution in [0.5, 0.6) is 0 Å². The molecule has 0 bridgehead atoms. The Morgan fingerprint density at radius 1 is 1.70 bits per heavy atom. The number of hydrogen-bond acceptors (Lipinski definition) is 1. The number of hydrogen-bond donors (Lipinski definition) is 0. The van der Waals surface area contributed by atoms with Gasteiger partial charge in [0.2, 0.25) is 0 Å². The molecule has 60 valence electrons. The molecule has 0 spiro atoms. The number of carbonyl (C=O) groups excluding carboxylic acids is 1. The standard InChI is InChI=1S/C6H9BrCl2O/c1-2-4(7)6(10)5(9)3-8/h4-5H,2-3H2,1H3. The zero-order valence-electron chi connectivity index (χ0n) is 5.61. The van der Waals surface area contributed by atoms with Gasteiger partial charge in [-0.05, 0) is 6.42 Å². The number of rotatable bonds is 4. The molecule has 4 heteroatoms. The monoisotopic (exact) mass is 246 g/mol. The fraction of sp³-hybridized carbons (Fsp3) is 0.833. The minimum Gasteiger partial charge on any atom is -0.297 e. The number of Topliss-reactive ketones (excluding diaryl/α,β-unsaturated/α-hetero) is 1. The van der Waals surface area contributed by atoms with Crippen molar-refractivity contribution in [3.8, 4) is 0 Å². The second-order valence-corrected chi connectivity index (χ2v) is 3.84. The first-order valence-corrected chi connectivity index (χ1v) is 4.90. The first kappa shape index (κ1) is 10.7. The highest BCUT2D eigenvalue weighted by Gasteiger charge is 2.20. The van der Waals surface area contributed by atoms with Crippen molar-refractivity contribution in [2.75, 3.05) is 5.88 Å². The maximum absolute atomic E-state index is 11.0. The van der Waals surface area contributed by atoms with E-state index in [0.29, 0.717) is 0 Å². The van der Waals surface area contributed by atoms with E-state index in [4.69, 9.17) is 23.2 Å². The molecule has 0 saturated heterocycles. The van der Waals surface area contributed by atoms with Crippen molar-refractivity contribution in [3.63, 3.8) is 0 Å². The molecule has 0 amide bonds. The van der Waals surface area contributed by atoms with Gasteiger partial charge in [0.05, 0.1) is 4.83 Å². The Kier molecular flexibility index (Phi) is 5.78. The molecule has 2 unspecified atom stereocenters. The van der Waals surface area contributed by atoms with Gasteiger partial charge in [0.25, 0.3) is 0 Å². The SMILES string of the molecule is CCC(Br)C(=O)C(Cl)CCl. The van der Waals surface area contributed by atoms with Crippen LogP contribution in [0.1, 0.15) is 13.3 Å². The Hall–Kier alpha value is 0.730. The molecule has 0 aromatic rings. The molecular formula is C6H9BrCl2O. The van der Waals surface area contributed by atoms with Crippen LogP contribution in [0.3, 0.4) is 0 Å². The number of ketones is 1. The second kappa shape index (κ2) is 5.39. The fourth-order valence-corrected chi connectivity index (χ4v) is 1.25. The predicted molar refractivity (Wildman–Crippen MR) is 48.4 cm³/mol. The molecule has 0 aliphatic carbocycles. The Bertz CT molecular complexity index is 106. The molecule has 0 fully saturated rings. The first-order chi connectivity index (χ1) is 4.63. The summed E-state index contributed by atoms with van der Waals surface area (Å²) in [5.41, 5.74) is 0. The van der Waals surface area contributed by atoms with Crippen molar-refractivity contribution in [3.05, 3.63) is 0 Å². The molecule has 10 heavy (non-hydrogen) atoms. The van der Waals surface area contributed by atoms with E-state index in [-0.39, 0.29) is 16.5 Å². The average Bonchev–Trinajstić information content (AvgIpc) is 2.00. The Balaban J connectivity index is 3.82. The molecule has 0 radical (unpaired) electrons. The maximum Gasteiger partial charge on any atom is 0.165 e. The van der Waals surface area contributed by atoms with Gasteiger partial charge in [-0.25, -0.2) is 0 Å². The molecule has 0 aromatic heterocycles. The van der Waals surface area contributed by atoms with Gasteiger partial charge in [0.15, 0.2) is 5.78 Å². The van der Waals surface area contributed by atoms with Gasteiger partial charge in [-0.15, -0.1) is 23.2 Å².